The maximum atomic E-state index is 12.8. The lowest BCUT2D eigenvalue weighted by Gasteiger charge is -2.18. The summed E-state index contributed by atoms with van der Waals surface area (Å²) in [7, 11) is 1.32. The minimum Gasteiger partial charge on any atom is -0.487 e. The summed E-state index contributed by atoms with van der Waals surface area (Å²) < 4.78 is 53.8. The van der Waals surface area contributed by atoms with Gasteiger partial charge in [0, 0.05) is 18.7 Å². The monoisotopic (exact) mass is 487 g/mol. The maximum absolute atomic E-state index is 12.8. The summed E-state index contributed by atoms with van der Waals surface area (Å²) >= 11 is 0. The van der Waals surface area contributed by atoms with Gasteiger partial charge in [-0.1, -0.05) is 24.3 Å². The lowest BCUT2D eigenvalue weighted by atomic mass is 10.1. The Morgan fingerprint density at radius 3 is 2.40 bits per heavy atom. The molecular formula is C26H24F3NO5. The molecule has 1 heterocycles. The summed E-state index contributed by atoms with van der Waals surface area (Å²) in [5, 5.41) is 0. The third-order valence-corrected chi connectivity index (χ3v) is 5.76. The Balaban J connectivity index is 1.53. The molecule has 0 atom stereocenters. The van der Waals surface area contributed by atoms with Gasteiger partial charge in [-0.25, -0.2) is 4.79 Å². The second-order valence-electron chi connectivity index (χ2n) is 8.25. The smallest absolute Gasteiger partial charge is 0.487 e. The van der Waals surface area contributed by atoms with Crippen molar-refractivity contribution in [1.29, 1.82) is 0 Å². The molecule has 184 valence electrons. The van der Waals surface area contributed by atoms with Crippen LogP contribution in [-0.4, -0.2) is 24.0 Å². The molecule has 0 bridgehead atoms. The van der Waals surface area contributed by atoms with Crippen molar-refractivity contribution in [2.45, 2.75) is 44.7 Å². The third kappa shape index (κ3) is 6.44. The molecule has 0 amide bonds. The molecule has 0 saturated heterocycles. The van der Waals surface area contributed by atoms with E-state index in [2.05, 4.69) is 4.74 Å². The van der Waals surface area contributed by atoms with E-state index in [-0.39, 0.29) is 23.7 Å². The molecule has 0 spiro atoms. The Labute approximate surface area is 199 Å². The van der Waals surface area contributed by atoms with Crippen LogP contribution in [-0.2, 0) is 24.3 Å². The van der Waals surface area contributed by atoms with E-state index in [1.807, 2.05) is 18.2 Å². The fourth-order valence-corrected chi connectivity index (χ4v) is 3.89. The molecule has 1 fully saturated rings. The number of pyridine rings is 1. The molecule has 1 aromatic heterocycles. The molecule has 6 nitrogen and oxygen atoms in total. The number of aromatic nitrogens is 1. The van der Waals surface area contributed by atoms with Gasteiger partial charge in [-0.05, 0) is 60.6 Å². The average molecular weight is 487 g/mol. The van der Waals surface area contributed by atoms with Crippen molar-refractivity contribution in [3.63, 3.8) is 0 Å². The minimum atomic E-state index is -4.80. The summed E-state index contributed by atoms with van der Waals surface area (Å²) in [4.78, 5) is 24.4. The van der Waals surface area contributed by atoms with Crippen molar-refractivity contribution in [3.05, 3.63) is 93.4 Å². The topological polar surface area (TPSA) is 66.8 Å². The number of ether oxygens (including phenoxy) is 3. The van der Waals surface area contributed by atoms with Crippen LogP contribution in [0.2, 0.25) is 0 Å². The molecule has 0 radical (unpaired) electrons. The number of hydrogen-bond donors (Lipinski definition) is 0. The molecule has 1 aliphatic carbocycles. The summed E-state index contributed by atoms with van der Waals surface area (Å²) in [6.07, 6.45) is -2.24. The largest absolute Gasteiger partial charge is 0.573 e. The predicted molar refractivity (Wildman–Crippen MR) is 122 cm³/mol. The van der Waals surface area contributed by atoms with E-state index in [9.17, 15) is 22.8 Å². The number of halogens is 3. The van der Waals surface area contributed by atoms with Crippen LogP contribution in [0.5, 0.6) is 11.5 Å². The highest BCUT2D eigenvalue weighted by atomic mass is 19.4. The van der Waals surface area contributed by atoms with Gasteiger partial charge in [-0.3, -0.25) is 4.79 Å². The minimum absolute atomic E-state index is 0.0265. The number of alkyl halides is 3. The summed E-state index contributed by atoms with van der Waals surface area (Å²) in [5.41, 5.74) is 2.90. The highest BCUT2D eigenvalue weighted by molar-refractivity contribution is 5.89. The number of rotatable bonds is 9. The number of nitrogens with zero attached hydrogens (tertiary/aromatic N) is 1. The fraction of sp³-hybridized carbons (Fsp3) is 0.308. The number of methoxy groups -OCH3 is 1. The number of carbonyl (C=O) groups excluding carboxylic acids is 1. The van der Waals surface area contributed by atoms with Gasteiger partial charge in [0.05, 0.1) is 18.4 Å². The van der Waals surface area contributed by atoms with E-state index in [4.69, 9.17) is 9.47 Å². The first-order valence-corrected chi connectivity index (χ1v) is 11.1. The fourth-order valence-electron chi connectivity index (χ4n) is 3.89. The molecular weight excluding hydrogens is 463 g/mol. The van der Waals surface area contributed by atoms with Crippen LogP contribution in [0.15, 0.2) is 65.5 Å². The van der Waals surface area contributed by atoms with Crippen molar-refractivity contribution < 1.29 is 32.2 Å². The molecule has 3 aromatic rings. The molecule has 35 heavy (non-hydrogen) atoms. The van der Waals surface area contributed by atoms with Crippen LogP contribution in [0.4, 0.5) is 13.2 Å². The van der Waals surface area contributed by atoms with E-state index < -0.39 is 12.3 Å². The Kier molecular flexibility index (Phi) is 7.14. The second-order valence-corrected chi connectivity index (χ2v) is 8.25. The number of hydrogen-bond acceptors (Lipinski definition) is 5. The molecule has 1 aliphatic rings. The third-order valence-electron chi connectivity index (χ3n) is 5.76. The Bertz CT molecular complexity index is 1250. The lowest BCUT2D eigenvalue weighted by Crippen LogP contribution is -2.26. The average Bonchev–Trinajstić information content (AvgIpc) is 3.66. The maximum Gasteiger partial charge on any atom is 0.573 e. The first kappa shape index (κ1) is 24.4. The zero-order chi connectivity index (χ0) is 25.0. The molecule has 0 aliphatic heterocycles. The number of aryl methyl sites for hydroxylation is 1. The lowest BCUT2D eigenvalue weighted by molar-refractivity contribution is -0.274. The Morgan fingerprint density at radius 1 is 1.03 bits per heavy atom. The first-order chi connectivity index (χ1) is 16.7. The standard InChI is InChI=1S/C26H24F3NO5/c1-33-25(32)19-7-5-17(6-8-19)13-14-30-23(22(18-9-10-18)11-12-24(30)31)16-34-20-3-2-4-21(15-20)35-26(27,28)29/h2-8,11-12,15,18H,9-10,13-14,16H2,1H3. The van der Waals surface area contributed by atoms with Gasteiger partial charge < -0.3 is 18.8 Å². The zero-order valence-corrected chi connectivity index (χ0v) is 19.0. The van der Waals surface area contributed by atoms with E-state index in [0.717, 1.165) is 24.0 Å². The SMILES string of the molecule is COC(=O)c1ccc(CCn2c(COc3cccc(OC(F)(F)F)c3)c(C3CC3)ccc2=O)cc1. The van der Waals surface area contributed by atoms with E-state index in [1.165, 1.54) is 37.4 Å². The predicted octanol–water partition coefficient (Wildman–Crippen LogP) is 5.23. The number of esters is 1. The van der Waals surface area contributed by atoms with Gasteiger partial charge in [-0.15, -0.1) is 13.2 Å². The summed E-state index contributed by atoms with van der Waals surface area (Å²) in [6.45, 7) is 0.408. The van der Waals surface area contributed by atoms with Gasteiger partial charge in [0.25, 0.3) is 5.56 Å². The van der Waals surface area contributed by atoms with Crippen molar-refractivity contribution in [1.82, 2.24) is 4.57 Å². The second kappa shape index (κ2) is 10.2. The van der Waals surface area contributed by atoms with E-state index >= 15 is 0 Å². The molecule has 0 unspecified atom stereocenters. The molecule has 2 aromatic carbocycles. The van der Waals surface area contributed by atoms with Gasteiger partial charge in [0.15, 0.2) is 0 Å². The van der Waals surface area contributed by atoms with Crippen molar-refractivity contribution in [2.24, 2.45) is 0 Å². The number of carbonyl (C=O) groups is 1. The normalized spacial score (nSPS) is 13.4. The van der Waals surface area contributed by atoms with Crippen molar-refractivity contribution in [3.8, 4) is 11.5 Å². The van der Waals surface area contributed by atoms with Gasteiger partial charge in [0.2, 0.25) is 0 Å². The zero-order valence-electron chi connectivity index (χ0n) is 19.0. The first-order valence-electron chi connectivity index (χ1n) is 11.1. The van der Waals surface area contributed by atoms with Gasteiger partial charge >= 0.3 is 12.3 Å². The molecule has 9 heteroatoms. The van der Waals surface area contributed by atoms with Gasteiger partial charge in [0.1, 0.15) is 18.1 Å². The summed E-state index contributed by atoms with van der Waals surface area (Å²) in [5.74, 6) is -0.262. The van der Waals surface area contributed by atoms with Crippen LogP contribution in [0.3, 0.4) is 0 Å². The van der Waals surface area contributed by atoms with Crippen molar-refractivity contribution >= 4 is 5.97 Å². The Hall–Kier alpha value is -3.75. The van der Waals surface area contributed by atoms with Crippen LogP contribution < -0.4 is 15.0 Å². The molecule has 1 saturated carbocycles. The summed E-state index contributed by atoms with van der Waals surface area (Å²) in [6, 6.07) is 15.6. The highest BCUT2D eigenvalue weighted by Gasteiger charge is 2.31. The van der Waals surface area contributed by atoms with E-state index in [0.29, 0.717) is 30.1 Å². The van der Waals surface area contributed by atoms with Crippen LogP contribution in [0.1, 0.15) is 45.9 Å². The molecule has 4 rings (SSSR count). The van der Waals surface area contributed by atoms with Crippen molar-refractivity contribution in [2.75, 3.05) is 7.11 Å². The Morgan fingerprint density at radius 2 is 1.74 bits per heavy atom. The van der Waals surface area contributed by atoms with Crippen LogP contribution >= 0.6 is 0 Å². The number of benzene rings is 2. The quantitative estimate of drug-likeness (QED) is 0.387. The van der Waals surface area contributed by atoms with Gasteiger partial charge in [-0.2, -0.15) is 0 Å². The van der Waals surface area contributed by atoms with Crippen LogP contribution in [0, 0.1) is 0 Å². The van der Waals surface area contributed by atoms with E-state index in [1.54, 1.807) is 16.7 Å². The van der Waals surface area contributed by atoms with Crippen LogP contribution in [0.25, 0.3) is 0 Å². The highest BCUT2D eigenvalue weighted by Crippen LogP contribution is 2.41. The molecule has 0 N–H and O–H groups in total.